The number of rotatable bonds is 7. The molecule has 0 amide bonds. The molecule has 0 aromatic heterocycles. The van der Waals surface area contributed by atoms with Crippen molar-refractivity contribution in [1.82, 2.24) is 0 Å². The number of sulfone groups is 1. The van der Waals surface area contributed by atoms with E-state index in [1.165, 1.54) is 12.1 Å². The Hall–Kier alpha value is -1.56. The van der Waals surface area contributed by atoms with Crippen LogP contribution in [0.15, 0.2) is 29.2 Å². The van der Waals surface area contributed by atoms with Crippen LogP contribution in [0.1, 0.15) is 26.7 Å². The Morgan fingerprint density at radius 3 is 2.30 bits per heavy atom. The van der Waals surface area contributed by atoms with Crippen molar-refractivity contribution in [3.05, 3.63) is 24.3 Å². The number of carbonyl (C=O) groups excluding carboxylic acids is 1. The van der Waals surface area contributed by atoms with Gasteiger partial charge in [-0.05, 0) is 37.6 Å². The van der Waals surface area contributed by atoms with Gasteiger partial charge in [-0.3, -0.25) is 0 Å². The number of carbonyl (C=O) groups is 1. The van der Waals surface area contributed by atoms with Gasteiger partial charge in [0, 0.05) is 11.9 Å². The molecule has 1 atom stereocenters. The average molecular weight is 299 g/mol. The van der Waals surface area contributed by atoms with Crippen molar-refractivity contribution in [2.75, 3.05) is 18.2 Å². The molecule has 1 unspecified atom stereocenters. The van der Waals surface area contributed by atoms with Crippen molar-refractivity contribution in [2.45, 2.75) is 37.6 Å². The molecule has 0 aliphatic heterocycles. The van der Waals surface area contributed by atoms with Crippen LogP contribution in [-0.4, -0.2) is 33.3 Å². The summed E-state index contributed by atoms with van der Waals surface area (Å²) in [4.78, 5) is 12.0. The Kier molecular flexibility index (Phi) is 6.01. The molecular weight excluding hydrogens is 278 g/mol. The highest BCUT2D eigenvalue weighted by Crippen LogP contribution is 2.16. The van der Waals surface area contributed by atoms with E-state index in [-0.39, 0.29) is 10.9 Å². The molecule has 0 bridgehead atoms. The number of hydrogen-bond donors (Lipinski definition) is 1. The highest BCUT2D eigenvalue weighted by molar-refractivity contribution is 7.90. The molecule has 1 aromatic carbocycles. The van der Waals surface area contributed by atoms with E-state index in [4.69, 9.17) is 4.74 Å². The largest absolute Gasteiger partial charge is 0.464 e. The first-order valence-corrected chi connectivity index (χ1v) is 8.51. The predicted molar refractivity (Wildman–Crippen MR) is 78.5 cm³/mol. The minimum atomic E-state index is -3.20. The minimum absolute atomic E-state index is 0.256. The summed E-state index contributed by atoms with van der Waals surface area (Å²) in [6.07, 6.45) is 2.67. The molecule has 0 saturated carbocycles. The average Bonchev–Trinajstić information content (AvgIpc) is 2.38. The molecule has 0 heterocycles. The second kappa shape index (κ2) is 7.28. The Morgan fingerprint density at radius 2 is 1.85 bits per heavy atom. The second-order valence-electron chi connectivity index (χ2n) is 4.53. The second-order valence-corrected chi connectivity index (χ2v) is 6.55. The van der Waals surface area contributed by atoms with Gasteiger partial charge in [-0.2, -0.15) is 0 Å². The molecule has 5 nitrogen and oxygen atoms in total. The molecule has 0 aliphatic carbocycles. The fourth-order valence-corrected chi connectivity index (χ4v) is 2.41. The molecule has 0 aliphatic rings. The van der Waals surface area contributed by atoms with Crippen molar-refractivity contribution in [2.24, 2.45) is 0 Å². The molecule has 20 heavy (non-hydrogen) atoms. The molecule has 0 saturated heterocycles. The zero-order chi connectivity index (χ0) is 15.2. The van der Waals surface area contributed by atoms with Gasteiger partial charge in [0.15, 0.2) is 9.84 Å². The van der Waals surface area contributed by atoms with Gasteiger partial charge in [0.05, 0.1) is 11.5 Å². The molecule has 6 heteroatoms. The topological polar surface area (TPSA) is 72.5 Å². The normalized spacial score (nSPS) is 12.8. The van der Waals surface area contributed by atoms with E-state index in [1.807, 2.05) is 6.92 Å². The zero-order valence-electron chi connectivity index (χ0n) is 12.0. The van der Waals surface area contributed by atoms with Crippen LogP contribution in [0.4, 0.5) is 5.69 Å². The Balaban J connectivity index is 2.81. The summed E-state index contributed by atoms with van der Waals surface area (Å²) in [6.45, 7) is 4.09. The van der Waals surface area contributed by atoms with Gasteiger partial charge in [0.1, 0.15) is 6.04 Å². The fraction of sp³-hybridized carbons (Fsp3) is 0.500. The third-order valence-corrected chi connectivity index (χ3v) is 3.90. The van der Waals surface area contributed by atoms with Crippen LogP contribution in [0, 0.1) is 0 Å². The summed E-state index contributed by atoms with van der Waals surface area (Å²) in [6, 6.07) is 5.93. The first kappa shape index (κ1) is 16.5. The lowest BCUT2D eigenvalue weighted by Gasteiger charge is -2.17. The van der Waals surface area contributed by atoms with Crippen LogP contribution in [0.5, 0.6) is 0 Å². The lowest BCUT2D eigenvalue weighted by Crippen LogP contribution is -2.31. The standard InChI is InChI=1S/C14H21NO4S/c1-4-6-13(14(16)19-5-2)15-11-7-9-12(10-8-11)20(3,17)18/h7-10,13,15H,4-6H2,1-3H3. The minimum Gasteiger partial charge on any atom is -0.464 e. The molecule has 0 spiro atoms. The number of benzene rings is 1. The van der Waals surface area contributed by atoms with Gasteiger partial charge >= 0.3 is 5.97 Å². The predicted octanol–water partition coefficient (Wildman–Crippen LogP) is 2.23. The van der Waals surface area contributed by atoms with Gasteiger partial charge in [0.2, 0.25) is 0 Å². The number of ether oxygens (including phenoxy) is 1. The van der Waals surface area contributed by atoms with E-state index in [0.717, 1.165) is 12.7 Å². The van der Waals surface area contributed by atoms with Crippen LogP contribution >= 0.6 is 0 Å². The summed E-state index contributed by atoms with van der Waals surface area (Å²) < 4.78 is 27.7. The van der Waals surface area contributed by atoms with Crippen LogP contribution in [0.2, 0.25) is 0 Å². The number of anilines is 1. The third-order valence-electron chi connectivity index (χ3n) is 2.77. The van der Waals surface area contributed by atoms with E-state index in [0.29, 0.717) is 18.7 Å². The summed E-state index contributed by atoms with van der Waals surface area (Å²) >= 11 is 0. The first-order chi connectivity index (χ1) is 9.38. The van der Waals surface area contributed by atoms with Gasteiger partial charge in [0.25, 0.3) is 0 Å². The maximum absolute atomic E-state index is 11.8. The Bertz CT molecular complexity index is 537. The van der Waals surface area contributed by atoms with E-state index >= 15 is 0 Å². The lowest BCUT2D eigenvalue weighted by atomic mass is 10.1. The quantitative estimate of drug-likeness (QED) is 0.782. The van der Waals surface area contributed by atoms with Crippen molar-refractivity contribution in [3.63, 3.8) is 0 Å². The molecule has 1 N–H and O–H groups in total. The van der Waals surface area contributed by atoms with Gasteiger partial charge in [-0.15, -0.1) is 0 Å². The third kappa shape index (κ3) is 4.85. The Morgan fingerprint density at radius 1 is 1.25 bits per heavy atom. The SMILES string of the molecule is CCCC(Nc1ccc(S(C)(=O)=O)cc1)C(=O)OCC. The maximum atomic E-state index is 11.8. The first-order valence-electron chi connectivity index (χ1n) is 6.61. The van der Waals surface area contributed by atoms with Crippen molar-refractivity contribution in [1.29, 1.82) is 0 Å². The maximum Gasteiger partial charge on any atom is 0.328 e. The lowest BCUT2D eigenvalue weighted by molar-refractivity contribution is -0.144. The molecule has 0 radical (unpaired) electrons. The van der Waals surface area contributed by atoms with Crippen LogP contribution < -0.4 is 5.32 Å². The fourth-order valence-electron chi connectivity index (χ4n) is 1.78. The number of hydrogen-bond acceptors (Lipinski definition) is 5. The molecule has 1 rings (SSSR count). The smallest absolute Gasteiger partial charge is 0.328 e. The van der Waals surface area contributed by atoms with Crippen molar-refractivity contribution < 1.29 is 17.9 Å². The number of nitrogens with one attached hydrogen (secondary N) is 1. The van der Waals surface area contributed by atoms with Crippen LogP contribution in [0.25, 0.3) is 0 Å². The van der Waals surface area contributed by atoms with E-state index < -0.39 is 15.9 Å². The van der Waals surface area contributed by atoms with Crippen LogP contribution in [0.3, 0.4) is 0 Å². The van der Waals surface area contributed by atoms with Gasteiger partial charge in [-0.1, -0.05) is 13.3 Å². The summed E-state index contributed by atoms with van der Waals surface area (Å²) in [7, 11) is -3.20. The summed E-state index contributed by atoms with van der Waals surface area (Å²) in [5.74, 6) is -0.290. The molecule has 0 fully saturated rings. The Labute approximate surface area is 120 Å². The zero-order valence-corrected chi connectivity index (χ0v) is 12.9. The van der Waals surface area contributed by atoms with E-state index in [1.54, 1.807) is 19.1 Å². The van der Waals surface area contributed by atoms with E-state index in [2.05, 4.69) is 5.32 Å². The summed E-state index contributed by atoms with van der Waals surface area (Å²) in [5, 5.41) is 3.07. The highest BCUT2D eigenvalue weighted by atomic mass is 32.2. The van der Waals surface area contributed by atoms with Gasteiger partial charge < -0.3 is 10.1 Å². The van der Waals surface area contributed by atoms with Gasteiger partial charge in [-0.25, -0.2) is 13.2 Å². The van der Waals surface area contributed by atoms with Crippen molar-refractivity contribution in [3.8, 4) is 0 Å². The highest BCUT2D eigenvalue weighted by Gasteiger charge is 2.18. The van der Waals surface area contributed by atoms with Crippen molar-refractivity contribution >= 4 is 21.5 Å². The monoisotopic (exact) mass is 299 g/mol. The molecule has 112 valence electrons. The molecule has 1 aromatic rings. The van der Waals surface area contributed by atoms with E-state index in [9.17, 15) is 13.2 Å². The summed E-state index contributed by atoms with van der Waals surface area (Å²) in [5.41, 5.74) is 0.698. The molecular formula is C14H21NO4S. The van der Waals surface area contributed by atoms with Crippen LogP contribution in [-0.2, 0) is 19.4 Å². The number of esters is 1.